The van der Waals surface area contributed by atoms with Crippen LogP contribution in [0, 0.1) is 5.92 Å². The van der Waals surface area contributed by atoms with Crippen LogP contribution >= 0.6 is 0 Å². The van der Waals surface area contributed by atoms with Crippen molar-refractivity contribution in [1.29, 1.82) is 0 Å². The van der Waals surface area contributed by atoms with Gasteiger partial charge in [0.15, 0.2) is 6.61 Å². The maximum absolute atomic E-state index is 13.1. The van der Waals surface area contributed by atoms with Gasteiger partial charge >= 0.3 is 6.18 Å². The molecule has 1 aromatic carbocycles. The fourth-order valence-electron chi connectivity index (χ4n) is 3.95. The van der Waals surface area contributed by atoms with Crippen molar-refractivity contribution in [3.8, 4) is 5.75 Å². The zero-order valence-electron chi connectivity index (χ0n) is 15.6. The Morgan fingerprint density at radius 3 is 2.67 bits per heavy atom. The summed E-state index contributed by atoms with van der Waals surface area (Å²) in [5.74, 6) is 0.777. The van der Waals surface area contributed by atoms with Crippen molar-refractivity contribution in [1.82, 2.24) is 10.2 Å². The lowest BCUT2D eigenvalue weighted by Gasteiger charge is -2.31. The third-order valence-electron chi connectivity index (χ3n) is 5.48. The minimum atomic E-state index is -4.39. The molecule has 2 aliphatic heterocycles. The average Bonchev–Trinajstić information content (AvgIpc) is 2.66. The van der Waals surface area contributed by atoms with Gasteiger partial charge in [-0.2, -0.15) is 13.2 Å². The van der Waals surface area contributed by atoms with Gasteiger partial charge in [0.1, 0.15) is 5.75 Å². The molecule has 0 saturated carbocycles. The maximum Gasteiger partial charge on any atom is 0.416 e. The van der Waals surface area contributed by atoms with Gasteiger partial charge in [0.2, 0.25) is 0 Å². The summed E-state index contributed by atoms with van der Waals surface area (Å²) < 4.78 is 45.2. The highest BCUT2D eigenvalue weighted by Gasteiger charge is 2.32. The Morgan fingerprint density at radius 2 is 2.00 bits per heavy atom. The van der Waals surface area contributed by atoms with E-state index >= 15 is 0 Å². The highest BCUT2D eigenvalue weighted by Crippen LogP contribution is 2.38. The van der Waals surface area contributed by atoms with E-state index < -0.39 is 11.7 Å². The van der Waals surface area contributed by atoms with Crippen molar-refractivity contribution in [2.75, 3.05) is 32.8 Å². The SMILES string of the molecule is CC1CCCN(C(=O)COc2ccc(C(F)(F)F)cc2C2CCNCC2)C1. The predicted molar refractivity (Wildman–Crippen MR) is 96.8 cm³/mol. The first kappa shape index (κ1) is 20.0. The van der Waals surface area contributed by atoms with Gasteiger partial charge in [-0.15, -0.1) is 0 Å². The number of alkyl halides is 3. The number of amides is 1. The lowest BCUT2D eigenvalue weighted by Crippen LogP contribution is -2.41. The molecule has 1 aromatic rings. The second-order valence-corrected chi connectivity index (χ2v) is 7.65. The van der Waals surface area contributed by atoms with Gasteiger partial charge in [-0.1, -0.05) is 6.92 Å². The number of ether oxygens (including phenoxy) is 1. The highest BCUT2D eigenvalue weighted by atomic mass is 19.4. The van der Waals surface area contributed by atoms with Crippen LogP contribution in [0.3, 0.4) is 0 Å². The largest absolute Gasteiger partial charge is 0.483 e. The molecule has 2 saturated heterocycles. The monoisotopic (exact) mass is 384 g/mol. The number of rotatable bonds is 4. The van der Waals surface area contributed by atoms with E-state index in [0.29, 0.717) is 17.2 Å². The zero-order chi connectivity index (χ0) is 19.4. The first-order chi connectivity index (χ1) is 12.8. The van der Waals surface area contributed by atoms with Crippen molar-refractivity contribution >= 4 is 5.91 Å². The van der Waals surface area contributed by atoms with Crippen LogP contribution in [0.25, 0.3) is 0 Å². The van der Waals surface area contributed by atoms with Crippen molar-refractivity contribution in [3.63, 3.8) is 0 Å². The molecule has 0 aromatic heterocycles. The lowest BCUT2D eigenvalue weighted by molar-refractivity contribution is -0.138. The Balaban J connectivity index is 1.74. The van der Waals surface area contributed by atoms with E-state index in [9.17, 15) is 18.0 Å². The molecule has 0 spiro atoms. The van der Waals surface area contributed by atoms with Crippen molar-refractivity contribution in [2.24, 2.45) is 5.92 Å². The van der Waals surface area contributed by atoms with Gasteiger partial charge in [0.25, 0.3) is 5.91 Å². The second-order valence-electron chi connectivity index (χ2n) is 7.65. The number of carbonyl (C=O) groups is 1. The topological polar surface area (TPSA) is 41.6 Å². The number of carbonyl (C=O) groups excluding carboxylic acids is 1. The Bertz CT molecular complexity index is 657. The minimum Gasteiger partial charge on any atom is -0.483 e. The molecule has 2 fully saturated rings. The summed E-state index contributed by atoms with van der Waals surface area (Å²) in [5.41, 5.74) is -0.106. The summed E-state index contributed by atoms with van der Waals surface area (Å²) in [6.45, 7) is 4.97. The van der Waals surface area contributed by atoms with Gasteiger partial charge in [-0.05, 0) is 74.4 Å². The molecule has 150 valence electrons. The summed E-state index contributed by atoms with van der Waals surface area (Å²) in [6, 6.07) is 3.60. The summed E-state index contributed by atoms with van der Waals surface area (Å²) >= 11 is 0. The van der Waals surface area contributed by atoms with E-state index in [1.54, 1.807) is 4.90 Å². The van der Waals surface area contributed by atoms with Crippen LogP contribution < -0.4 is 10.1 Å². The number of hydrogen-bond acceptors (Lipinski definition) is 3. The molecule has 27 heavy (non-hydrogen) atoms. The summed E-state index contributed by atoms with van der Waals surface area (Å²) in [4.78, 5) is 14.2. The Morgan fingerprint density at radius 1 is 1.26 bits per heavy atom. The molecule has 1 atom stereocenters. The van der Waals surface area contributed by atoms with E-state index in [2.05, 4.69) is 12.2 Å². The van der Waals surface area contributed by atoms with Gasteiger partial charge in [0.05, 0.1) is 5.56 Å². The Kier molecular flexibility index (Phi) is 6.29. The van der Waals surface area contributed by atoms with Crippen LogP contribution in [0.4, 0.5) is 13.2 Å². The number of likely N-dealkylation sites (tertiary alicyclic amines) is 1. The van der Waals surface area contributed by atoms with Crippen LogP contribution in [-0.4, -0.2) is 43.6 Å². The molecular weight excluding hydrogens is 357 g/mol. The average molecular weight is 384 g/mol. The first-order valence-electron chi connectivity index (χ1n) is 9.67. The van der Waals surface area contributed by atoms with Gasteiger partial charge in [-0.25, -0.2) is 0 Å². The highest BCUT2D eigenvalue weighted by molar-refractivity contribution is 5.78. The Labute approximate surface area is 158 Å². The molecule has 1 unspecified atom stereocenters. The van der Waals surface area contributed by atoms with Crippen LogP contribution in [-0.2, 0) is 11.0 Å². The number of piperidine rings is 2. The Hall–Kier alpha value is -1.76. The molecule has 0 aliphatic carbocycles. The van der Waals surface area contributed by atoms with Crippen molar-refractivity contribution in [2.45, 2.75) is 44.7 Å². The van der Waals surface area contributed by atoms with Gasteiger partial charge in [-0.3, -0.25) is 4.79 Å². The molecule has 3 rings (SSSR count). The molecule has 7 heteroatoms. The molecule has 4 nitrogen and oxygen atoms in total. The van der Waals surface area contributed by atoms with Crippen molar-refractivity contribution in [3.05, 3.63) is 29.3 Å². The third-order valence-corrected chi connectivity index (χ3v) is 5.48. The normalized spacial score (nSPS) is 21.9. The number of benzene rings is 1. The zero-order valence-corrected chi connectivity index (χ0v) is 15.6. The molecule has 0 radical (unpaired) electrons. The second kappa shape index (κ2) is 8.50. The van der Waals surface area contributed by atoms with E-state index in [1.165, 1.54) is 12.1 Å². The quantitative estimate of drug-likeness (QED) is 0.858. The van der Waals surface area contributed by atoms with E-state index in [4.69, 9.17) is 4.74 Å². The summed E-state index contributed by atoms with van der Waals surface area (Å²) in [7, 11) is 0. The number of nitrogens with one attached hydrogen (secondary N) is 1. The summed E-state index contributed by atoms with van der Waals surface area (Å²) in [6.07, 6.45) is -0.776. The number of hydrogen-bond donors (Lipinski definition) is 1. The van der Waals surface area contributed by atoms with Crippen molar-refractivity contribution < 1.29 is 22.7 Å². The van der Waals surface area contributed by atoms with Gasteiger partial charge in [0, 0.05) is 13.1 Å². The van der Waals surface area contributed by atoms with Gasteiger partial charge < -0.3 is 15.0 Å². The number of nitrogens with zero attached hydrogens (tertiary/aromatic N) is 1. The fraction of sp³-hybridized carbons (Fsp3) is 0.650. The van der Waals surface area contributed by atoms with Crippen LogP contribution in [0.2, 0.25) is 0 Å². The molecule has 0 bridgehead atoms. The molecular formula is C20H27F3N2O2. The summed E-state index contributed by atoms with van der Waals surface area (Å²) in [5, 5.41) is 3.22. The molecule has 2 aliphatic rings. The molecule has 2 heterocycles. The standard InChI is InChI=1S/C20H27F3N2O2/c1-14-3-2-10-25(12-14)19(26)13-27-18-5-4-16(20(21,22)23)11-17(18)15-6-8-24-9-7-15/h4-5,11,14-15,24H,2-3,6-10,12-13H2,1H3. The lowest BCUT2D eigenvalue weighted by atomic mass is 9.88. The minimum absolute atomic E-state index is 0.00802. The smallest absolute Gasteiger partial charge is 0.416 e. The van der Waals surface area contributed by atoms with Crippen LogP contribution in [0.15, 0.2) is 18.2 Å². The van der Waals surface area contributed by atoms with E-state index in [0.717, 1.165) is 57.9 Å². The fourth-order valence-corrected chi connectivity index (χ4v) is 3.95. The van der Waals surface area contributed by atoms with E-state index in [1.807, 2.05) is 0 Å². The first-order valence-corrected chi connectivity index (χ1v) is 9.67. The maximum atomic E-state index is 13.1. The third kappa shape index (κ3) is 5.15. The number of halogens is 3. The van der Waals surface area contributed by atoms with E-state index in [-0.39, 0.29) is 18.4 Å². The van der Waals surface area contributed by atoms with Crippen LogP contribution in [0.5, 0.6) is 5.75 Å². The molecule has 1 N–H and O–H groups in total. The predicted octanol–water partition coefficient (Wildman–Crippen LogP) is 3.81. The molecule has 1 amide bonds. The van der Waals surface area contributed by atoms with Crippen LogP contribution in [0.1, 0.15) is 49.7 Å².